The van der Waals surface area contributed by atoms with Gasteiger partial charge in [-0.2, -0.15) is 0 Å². The molecule has 2 N–H and O–H groups in total. The van der Waals surface area contributed by atoms with Gasteiger partial charge in [0.15, 0.2) is 0 Å². The zero-order valence-electron chi connectivity index (χ0n) is 22.6. The summed E-state index contributed by atoms with van der Waals surface area (Å²) >= 11 is 0. The first kappa shape index (κ1) is 27.4. The van der Waals surface area contributed by atoms with Gasteiger partial charge in [0.1, 0.15) is 23.4 Å². The van der Waals surface area contributed by atoms with Crippen molar-refractivity contribution in [2.45, 2.75) is 57.7 Å². The second-order valence-corrected chi connectivity index (χ2v) is 11.0. The normalized spacial score (nSPS) is 25.5. The molecule has 0 aromatic heterocycles. The average Bonchev–Trinajstić information content (AvgIpc) is 3.25. The van der Waals surface area contributed by atoms with Gasteiger partial charge in [0.05, 0.1) is 27.4 Å². The lowest BCUT2D eigenvalue weighted by molar-refractivity contribution is -0.152. The molecule has 9 nitrogen and oxygen atoms in total. The number of carbonyl (C=O) groups excluding carboxylic acids is 3. The molecule has 0 unspecified atom stereocenters. The summed E-state index contributed by atoms with van der Waals surface area (Å²) in [7, 11) is 2.86. The van der Waals surface area contributed by atoms with Gasteiger partial charge in [-0.25, -0.2) is 9.59 Å². The molecular formula is C29H36N2O7. The predicted molar refractivity (Wildman–Crippen MR) is 143 cm³/mol. The number of esters is 1. The van der Waals surface area contributed by atoms with E-state index in [2.05, 4.69) is 5.32 Å². The molecular weight excluding hydrogens is 488 g/mol. The first-order valence-electron chi connectivity index (χ1n) is 12.8. The number of methoxy groups -OCH3 is 2. The van der Waals surface area contributed by atoms with Gasteiger partial charge >= 0.3 is 12.1 Å². The van der Waals surface area contributed by atoms with E-state index in [4.69, 9.17) is 14.2 Å². The maximum absolute atomic E-state index is 13.9. The van der Waals surface area contributed by atoms with Crippen LogP contribution in [0.2, 0.25) is 0 Å². The average molecular weight is 525 g/mol. The first-order valence-corrected chi connectivity index (χ1v) is 12.8. The Hall–Kier alpha value is -3.59. The standard InChI is InChI=1S/C29H36N2O7/c1-28(2,3)24-25(32)31-17-29(35,16-22(31)26(33)37-5)21-11-10-18-15-23(36-4)19(13-20(18)14-21)9-7-6-8-12-38-27(34)30-24/h7,9-11,13-15,22,24,35H,6,8,12,16-17H2,1-5H3,(H,30,34)/b9-7-/t22-,24+,29-/m0/s1. The molecule has 204 valence electrons. The summed E-state index contributed by atoms with van der Waals surface area (Å²) in [5, 5.41) is 16.3. The van der Waals surface area contributed by atoms with Crippen LogP contribution in [0, 0.1) is 5.41 Å². The molecule has 2 aromatic rings. The second kappa shape index (κ2) is 10.6. The van der Waals surface area contributed by atoms with Gasteiger partial charge in [-0.1, -0.05) is 45.1 Å². The molecule has 5 bridgehead atoms. The summed E-state index contributed by atoms with van der Waals surface area (Å²) in [6, 6.07) is 7.48. The van der Waals surface area contributed by atoms with Crippen molar-refractivity contribution in [3.63, 3.8) is 0 Å². The predicted octanol–water partition coefficient (Wildman–Crippen LogP) is 3.76. The number of fused-ring (bicyclic) bond motifs is 5. The smallest absolute Gasteiger partial charge is 0.407 e. The van der Waals surface area contributed by atoms with Crippen molar-refractivity contribution >= 4 is 34.8 Å². The summed E-state index contributed by atoms with van der Waals surface area (Å²) in [5.41, 5.74) is -0.755. The van der Waals surface area contributed by atoms with Crippen molar-refractivity contribution < 1.29 is 33.7 Å². The zero-order chi connectivity index (χ0) is 27.7. The number of allylic oxidation sites excluding steroid dienone is 1. The topological polar surface area (TPSA) is 114 Å². The van der Waals surface area contributed by atoms with Crippen molar-refractivity contribution in [1.29, 1.82) is 0 Å². The largest absolute Gasteiger partial charge is 0.496 e. The molecule has 2 aromatic carbocycles. The molecule has 3 atom stereocenters. The Morgan fingerprint density at radius 3 is 2.61 bits per heavy atom. The van der Waals surface area contributed by atoms with Crippen LogP contribution in [0.3, 0.4) is 0 Å². The van der Waals surface area contributed by atoms with Crippen LogP contribution in [0.15, 0.2) is 36.4 Å². The Balaban J connectivity index is 1.83. The lowest BCUT2D eigenvalue weighted by Gasteiger charge is -2.35. The van der Waals surface area contributed by atoms with Gasteiger partial charge in [0, 0.05) is 12.0 Å². The highest BCUT2D eigenvalue weighted by Gasteiger charge is 2.52. The Labute approximate surface area is 222 Å². The van der Waals surface area contributed by atoms with E-state index in [1.165, 1.54) is 12.0 Å². The summed E-state index contributed by atoms with van der Waals surface area (Å²) in [6.07, 6.45) is 4.46. The summed E-state index contributed by atoms with van der Waals surface area (Å²) in [5.74, 6) is -0.409. The minimum absolute atomic E-state index is 0.0405. The molecule has 0 spiro atoms. The number of rotatable bonds is 2. The van der Waals surface area contributed by atoms with Crippen LogP contribution < -0.4 is 10.1 Å². The number of amides is 2. The molecule has 1 saturated heterocycles. The van der Waals surface area contributed by atoms with Crippen molar-refractivity contribution in [3.05, 3.63) is 47.5 Å². The van der Waals surface area contributed by atoms with Crippen LogP contribution in [-0.4, -0.2) is 67.4 Å². The van der Waals surface area contributed by atoms with Crippen molar-refractivity contribution in [2.75, 3.05) is 27.4 Å². The fraction of sp³-hybridized carbons (Fsp3) is 0.483. The quantitative estimate of drug-likeness (QED) is 0.575. The van der Waals surface area contributed by atoms with Crippen LogP contribution in [-0.2, 0) is 24.7 Å². The number of hydrogen-bond acceptors (Lipinski definition) is 7. The van der Waals surface area contributed by atoms with E-state index < -0.39 is 41.1 Å². The van der Waals surface area contributed by atoms with Gasteiger partial charge in [0.2, 0.25) is 5.91 Å². The molecule has 1 fully saturated rings. The number of benzene rings is 2. The first-order chi connectivity index (χ1) is 18.0. The molecule has 38 heavy (non-hydrogen) atoms. The number of aliphatic hydroxyl groups is 1. The number of ether oxygens (including phenoxy) is 3. The number of cyclic esters (lactones) is 1. The Morgan fingerprint density at radius 2 is 1.92 bits per heavy atom. The Morgan fingerprint density at radius 1 is 1.16 bits per heavy atom. The minimum atomic E-state index is -1.51. The van der Waals surface area contributed by atoms with Gasteiger partial charge in [-0.05, 0) is 52.8 Å². The third kappa shape index (κ3) is 5.48. The number of nitrogens with zero attached hydrogens (tertiary/aromatic N) is 1. The van der Waals surface area contributed by atoms with E-state index in [0.29, 0.717) is 24.2 Å². The van der Waals surface area contributed by atoms with Gasteiger partial charge in [0.25, 0.3) is 0 Å². The fourth-order valence-electron chi connectivity index (χ4n) is 5.12. The maximum atomic E-state index is 13.9. The SMILES string of the molecule is COC(=O)[C@@H]1C[C@]2(O)CN1C(=O)[C@H](C(C)(C)C)NC(=O)OCCC/C=C\c1cc3cc2ccc3cc1OC. The molecule has 9 heteroatoms. The Bertz CT molecular complexity index is 1270. The van der Waals surface area contributed by atoms with E-state index in [-0.39, 0.29) is 19.6 Å². The molecule has 0 aliphatic carbocycles. The van der Waals surface area contributed by atoms with Crippen LogP contribution in [0.4, 0.5) is 4.79 Å². The van der Waals surface area contributed by atoms with Crippen LogP contribution in [0.25, 0.3) is 16.8 Å². The van der Waals surface area contributed by atoms with E-state index in [0.717, 1.165) is 16.3 Å². The molecule has 2 amide bonds. The number of nitrogens with one attached hydrogen (secondary N) is 1. The van der Waals surface area contributed by atoms with E-state index in [9.17, 15) is 19.5 Å². The highest BCUT2D eigenvalue weighted by atomic mass is 16.5. The van der Waals surface area contributed by atoms with Gasteiger partial charge in [-0.3, -0.25) is 4.79 Å². The van der Waals surface area contributed by atoms with Crippen molar-refractivity contribution in [3.8, 4) is 5.75 Å². The third-order valence-corrected chi connectivity index (χ3v) is 7.24. The van der Waals surface area contributed by atoms with E-state index in [1.807, 2.05) is 57.2 Å². The summed E-state index contributed by atoms with van der Waals surface area (Å²) < 4.78 is 15.9. The number of carbonyl (C=O) groups is 3. The monoisotopic (exact) mass is 524 g/mol. The lowest BCUT2D eigenvalue weighted by Crippen LogP contribution is -2.57. The van der Waals surface area contributed by atoms with Gasteiger partial charge in [-0.15, -0.1) is 0 Å². The van der Waals surface area contributed by atoms with E-state index >= 15 is 0 Å². The number of hydrogen-bond donors (Lipinski definition) is 2. The molecule has 0 radical (unpaired) electrons. The van der Waals surface area contributed by atoms with Crippen molar-refractivity contribution in [1.82, 2.24) is 10.2 Å². The highest BCUT2D eigenvalue weighted by molar-refractivity contribution is 5.92. The molecule has 4 rings (SSSR count). The number of alkyl carbamates (subject to hydrolysis) is 1. The molecule has 2 heterocycles. The molecule has 0 saturated carbocycles. The molecule has 2 aliphatic rings. The molecule has 2 aliphatic heterocycles. The van der Waals surface area contributed by atoms with Crippen molar-refractivity contribution in [2.24, 2.45) is 5.41 Å². The Kier molecular flexibility index (Phi) is 7.69. The zero-order valence-corrected chi connectivity index (χ0v) is 22.6. The van der Waals surface area contributed by atoms with E-state index in [1.54, 1.807) is 13.2 Å². The summed E-state index contributed by atoms with van der Waals surface area (Å²) in [6.45, 7) is 5.49. The lowest BCUT2D eigenvalue weighted by atomic mass is 9.85. The van der Waals surface area contributed by atoms with Crippen LogP contribution in [0.1, 0.15) is 51.2 Å². The summed E-state index contributed by atoms with van der Waals surface area (Å²) in [4.78, 5) is 40.6. The van der Waals surface area contributed by atoms with Crippen LogP contribution >= 0.6 is 0 Å². The highest BCUT2D eigenvalue weighted by Crippen LogP contribution is 2.39. The van der Waals surface area contributed by atoms with Gasteiger partial charge < -0.3 is 29.5 Å². The maximum Gasteiger partial charge on any atom is 0.407 e. The fourth-order valence-corrected chi connectivity index (χ4v) is 5.12. The minimum Gasteiger partial charge on any atom is -0.496 e. The van der Waals surface area contributed by atoms with Crippen LogP contribution in [0.5, 0.6) is 5.75 Å². The second-order valence-electron chi connectivity index (χ2n) is 11.0. The third-order valence-electron chi connectivity index (χ3n) is 7.24.